The number of carboxylic acid groups (broad SMARTS) is 1. The van der Waals surface area contributed by atoms with Crippen LogP contribution < -0.4 is 10.6 Å². The Balaban J connectivity index is 2.38. The van der Waals surface area contributed by atoms with Crippen molar-refractivity contribution in [1.82, 2.24) is 10.6 Å². The molecule has 1 atom stereocenters. The Morgan fingerprint density at radius 2 is 1.80 bits per heavy atom. The van der Waals surface area contributed by atoms with Crippen molar-refractivity contribution in [3.63, 3.8) is 0 Å². The minimum absolute atomic E-state index is 0.107. The van der Waals surface area contributed by atoms with Gasteiger partial charge in [0.15, 0.2) is 0 Å². The van der Waals surface area contributed by atoms with E-state index in [0.29, 0.717) is 16.9 Å². The Morgan fingerprint density at radius 1 is 1.14 bits per heavy atom. The summed E-state index contributed by atoms with van der Waals surface area (Å²) in [4.78, 5) is 48.1. The average molecular weight is 500 g/mol. The van der Waals surface area contributed by atoms with Gasteiger partial charge in [-0.15, -0.1) is 0 Å². The van der Waals surface area contributed by atoms with Gasteiger partial charge < -0.3 is 15.7 Å². The van der Waals surface area contributed by atoms with Crippen LogP contribution in [0.2, 0.25) is 0 Å². The molecule has 2 rings (SSSR count). The Hall–Kier alpha value is -3.66. The maximum absolute atomic E-state index is 13.0. The van der Waals surface area contributed by atoms with Gasteiger partial charge in [0.2, 0.25) is 0 Å². The summed E-state index contributed by atoms with van der Waals surface area (Å²) in [5.74, 6) is -2.09. The number of hydrogen-bond donors (Lipinski definition) is 3. The predicted octanol–water partition coefficient (Wildman–Crippen LogP) is 3.99. The standard InChI is InChI=1S/C25H29N3O6S/c1-25(2,3)18-10-8-17(9-11-18)22(29)27-21(15-16-6-5-7-19(14-16)28(33)34)23(30)26-20(24(31)32)12-13-35-4/h5-11,14-15,20H,12-13H2,1-4H3,(H,26,30)(H,27,29)(H,31,32)/b21-15-/t20-/m0/s1. The molecule has 2 aromatic carbocycles. The summed E-state index contributed by atoms with van der Waals surface area (Å²) in [6.07, 6.45) is 3.28. The third-order valence-corrected chi connectivity index (χ3v) is 5.76. The Bertz CT molecular complexity index is 1120. The Morgan fingerprint density at radius 3 is 2.34 bits per heavy atom. The number of thioether (sulfide) groups is 1. The van der Waals surface area contributed by atoms with Crippen LogP contribution >= 0.6 is 11.8 Å². The molecular formula is C25H29N3O6S. The SMILES string of the molecule is CSCC[C@H](NC(=O)/C(=C/c1cccc([N+](=O)[O-])c1)NC(=O)c1ccc(C(C)(C)C)cc1)C(=O)O. The fraction of sp³-hybridized carbons (Fsp3) is 0.320. The predicted molar refractivity (Wildman–Crippen MR) is 136 cm³/mol. The summed E-state index contributed by atoms with van der Waals surface area (Å²) < 4.78 is 0. The third-order valence-electron chi connectivity index (χ3n) is 5.11. The quantitative estimate of drug-likeness (QED) is 0.255. The lowest BCUT2D eigenvalue weighted by molar-refractivity contribution is -0.384. The van der Waals surface area contributed by atoms with Gasteiger partial charge in [-0.2, -0.15) is 11.8 Å². The zero-order valence-electron chi connectivity index (χ0n) is 20.0. The van der Waals surface area contributed by atoms with E-state index in [1.54, 1.807) is 12.1 Å². The molecule has 35 heavy (non-hydrogen) atoms. The Labute approximate surface area is 208 Å². The lowest BCUT2D eigenvalue weighted by Gasteiger charge is -2.19. The van der Waals surface area contributed by atoms with E-state index < -0.39 is 28.7 Å². The zero-order valence-corrected chi connectivity index (χ0v) is 20.8. The number of nitro groups is 1. The first kappa shape index (κ1) is 27.6. The maximum Gasteiger partial charge on any atom is 0.326 e. The number of non-ortho nitro benzene ring substituents is 1. The topological polar surface area (TPSA) is 139 Å². The molecule has 0 aliphatic carbocycles. The summed E-state index contributed by atoms with van der Waals surface area (Å²) in [7, 11) is 0. The summed E-state index contributed by atoms with van der Waals surface area (Å²) in [6, 6.07) is 11.3. The lowest BCUT2D eigenvalue weighted by atomic mass is 9.87. The van der Waals surface area contributed by atoms with Gasteiger partial charge >= 0.3 is 5.97 Å². The first-order valence-electron chi connectivity index (χ1n) is 10.8. The molecule has 0 saturated heterocycles. The highest BCUT2D eigenvalue weighted by atomic mass is 32.2. The van der Waals surface area contributed by atoms with Crippen molar-refractivity contribution in [1.29, 1.82) is 0 Å². The van der Waals surface area contributed by atoms with Crippen LogP contribution in [-0.4, -0.2) is 45.9 Å². The van der Waals surface area contributed by atoms with Crippen LogP contribution in [0.4, 0.5) is 5.69 Å². The maximum atomic E-state index is 13.0. The van der Waals surface area contributed by atoms with Crippen molar-refractivity contribution in [3.8, 4) is 0 Å². The van der Waals surface area contributed by atoms with Crippen LogP contribution in [0.5, 0.6) is 0 Å². The molecule has 0 saturated carbocycles. The second-order valence-electron chi connectivity index (χ2n) is 8.84. The highest BCUT2D eigenvalue weighted by Gasteiger charge is 2.23. The van der Waals surface area contributed by atoms with Crippen molar-refractivity contribution in [2.24, 2.45) is 0 Å². The van der Waals surface area contributed by atoms with E-state index in [9.17, 15) is 29.6 Å². The van der Waals surface area contributed by atoms with Crippen molar-refractivity contribution in [3.05, 3.63) is 81.0 Å². The van der Waals surface area contributed by atoms with Crippen LogP contribution in [0.1, 0.15) is 48.7 Å². The van der Waals surface area contributed by atoms with Gasteiger partial charge in [0.25, 0.3) is 17.5 Å². The van der Waals surface area contributed by atoms with E-state index in [1.807, 2.05) is 39.2 Å². The average Bonchev–Trinajstić information content (AvgIpc) is 2.80. The van der Waals surface area contributed by atoms with E-state index in [2.05, 4.69) is 10.6 Å². The van der Waals surface area contributed by atoms with E-state index in [4.69, 9.17) is 0 Å². The van der Waals surface area contributed by atoms with E-state index >= 15 is 0 Å². The number of nitrogens with zero attached hydrogens (tertiary/aromatic N) is 1. The van der Waals surface area contributed by atoms with Gasteiger partial charge in [0, 0.05) is 17.7 Å². The van der Waals surface area contributed by atoms with Crippen LogP contribution in [0.15, 0.2) is 54.2 Å². The van der Waals surface area contributed by atoms with Gasteiger partial charge in [-0.05, 0) is 53.2 Å². The van der Waals surface area contributed by atoms with Crippen LogP contribution in [0.25, 0.3) is 6.08 Å². The number of aliphatic carboxylic acids is 1. The number of benzene rings is 2. The number of carbonyl (C=O) groups is 3. The number of amides is 2. The third kappa shape index (κ3) is 8.25. The van der Waals surface area contributed by atoms with Gasteiger partial charge in [0.1, 0.15) is 11.7 Å². The summed E-state index contributed by atoms with van der Waals surface area (Å²) in [6.45, 7) is 6.13. The van der Waals surface area contributed by atoms with Crippen LogP contribution in [0.3, 0.4) is 0 Å². The summed E-state index contributed by atoms with van der Waals surface area (Å²) >= 11 is 1.44. The summed E-state index contributed by atoms with van der Waals surface area (Å²) in [5, 5.41) is 25.5. The van der Waals surface area contributed by atoms with Gasteiger partial charge in [0.05, 0.1) is 4.92 Å². The normalized spacial score (nSPS) is 12.5. The second kappa shape index (κ2) is 12.2. The number of rotatable bonds is 10. The minimum Gasteiger partial charge on any atom is -0.480 e. The number of carboxylic acids is 1. The molecule has 0 aliphatic heterocycles. The van der Waals surface area contributed by atoms with Crippen LogP contribution in [0, 0.1) is 10.1 Å². The van der Waals surface area contributed by atoms with Gasteiger partial charge in [-0.25, -0.2) is 4.79 Å². The molecule has 0 aliphatic rings. The molecule has 0 bridgehead atoms. The molecule has 0 spiro atoms. The van der Waals surface area contributed by atoms with Crippen LogP contribution in [-0.2, 0) is 15.0 Å². The van der Waals surface area contributed by atoms with Crippen molar-refractivity contribution < 1.29 is 24.4 Å². The van der Waals surface area contributed by atoms with Gasteiger partial charge in [-0.1, -0.05) is 45.0 Å². The monoisotopic (exact) mass is 499 g/mol. The molecule has 10 heteroatoms. The summed E-state index contributed by atoms with van der Waals surface area (Å²) in [5.41, 5.74) is 1.09. The largest absolute Gasteiger partial charge is 0.480 e. The van der Waals surface area contributed by atoms with E-state index in [0.717, 1.165) is 5.56 Å². The number of carbonyl (C=O) groups excluding carboxylic acids is 2. The molecule has 2 amide bonds. The number of nitro benzene ring substituents is 1. The van der Waals surface area contributed by atoms with Gasteiger partial charge in [-0.3, -0.25) is 19.7 Å². The molecule has 186 valence electrons. The number of nitrogens with one attached hydrogen (secondary N) is 2. The fourth-order valence-corrected chi connectivity index (χ4v) is 3.57. The first-order chi connectivity index (χ1) is 16.4. The van der Waals surface area contributed by atoms with Crippen molar-refractivity contribution in [2.45, 2.75) is 38.6 Å². The molecular weight excluding hydrogens is 470 g/mol. The number of hydrogen-bond acceptors (Lipinski definition) is 6. The fourth-order valence-electron chi connectivity index (χ4n) is 3.10. The van der Waals surface area contributed by atoms with Crippen molar-refractivity contribution in [2.75, 3.05) is 12.0 Å². The molecule has 0 aromatic heterocycles. The minimum atomic E-state index is -1.20. The first-order valence-corrected chi connectivity index (χ1v) is 12.2. The molecule has 9 nitrogen and oxygen atoms in total. The highest BCUT2D eigenvalue weighted by Crippen LogP contribution is 2.22. The molecule has 0 radical (unpaired) electrons. The van der Waals surface area contributed by atoms with E-state index in [-0.39, 0.29) is 23.2 Å². The molecule has 0 fully saturated rings. The van der Waals surface area contributed by atoms with E-state index in [1.165, 1.54) is 42.1 Å². The smallest absolute Gasteiger partial charge is 0.326 e. The zero-order chi connectivity index (χ0) is 26.2. The second-order valence-corrected chi connectivity index (χ2v) is 9.82. The Kier molecular flexibility index (Phi) is 9.59. The molecule has 2 aromatic rings. The molecule has 0 unspecified atom stereocenters. The van der Waals surface area contributed by atoms with Crippen molar-refractivity contribution >= 4 is 41.3 Å². The molecule has 0 heterocycles. The highest BCUT2D eigenvalue weighted by molar-refractivity contribution is 7.98. The lowest BCUT2D eigenvalue weighted by Crippen LogP contribution is -2.44. The molecule has 3 N–H and O–H groups in total.